The zero-order chi connectivity index (χ0) is 22.7. The zero-order valence-electron chi connectivity index (χ0n) is 18.7. The molecule has 1 fully saturated rings. The minimum Gasteiger partial charge on any atom is -0.454 e. The summed E-state index contributed by atoms with van der Waals surface area (Å²) in [5, 5.41) is 6.30. The average Bonchev–Trinajstić information content (AvgIpc) is 3.15. The number of amides is 2. The molecule has 1 aliphatic rings. The van der Waals surface area contributed by atoms with Crippen LogP contribution in [-0.2, 0) is 16.0 Å². The second-order valence-electron chi connectivity index (χ2n) is 8.62. The van der Waals surface area contributed by atoms with Gasteiger partial charge in [-0.25, -0.2) is 4.79 Å². The fraction of sp³-hybridized carbons (Fsp3) is 0.650. The summed E-state index contributed by atoms with van der Waals surface area (Å²) in [4.78, 5) is 29.7. The molecular weight excluding hydrogens is 390 g/mol. The number of aliphatic imine (C=N–C) groups is 1. The van der Waals surface area contributed by atoms with Crippen LogP contribution in [0.4, 0.5) is 4.79 Å². The van der Waals surface area contributed by atoms with Crippen molar-refractivity contribution in [1.82, 2.24) is 15.5 Å². The zero-order valence-corrected chi connectivity index (χ0v) is 18.7. The highest BCUT2D eigenvalue weighted by Crippen LogP contribution is 2.33. The Bertz CT molecular complexity index is 796. The molecule has 2 atom stereocenters. The molecule has 10 nitrogen and oxygen atoms in total. The number of nitrogens with one attached hydrogen (secondary N) is 2. The summed E-state index contributed by atoms with van der Waals surface area (Å²) in [5.74, 6) is 0.527. The van der Waals surface area contributed by atoms with Gasteiger partial charge < -0.3 is 30.3 Å². The monoisotopic (exact) mass is 423 g/mol. The molecule has 168 valence electrons. The molecule has 30 heavy (non-hydrogen) atoms. The van der Waals surface area contributed by atoms with Gasteiger partial charge in [0.15, 0.2) is 11.7 Å². The van der Waals surface area contributed by atoms with E-state index < -0.39 is 23.3 Å². The number of nitrogens with zero attached hydrogens (tertiary/aromatic N) is 2. The van der Waals surface area contributed by atoms with Crippen molar-refractivity contribution in [2.45, 2.75) is 71.6 Å². The summed E-state index contributed by atoms with van der Waals surface area (Å²) in [6.45, 7) is 11.8. The van der Waals surface area contributed by atoms with E-state index >= 15 is 0 Å². The van der Waals surface area contributed by atoms with Crippen LogP contribution in [0.5, 0.6) is 0 Å². The molecule has 0 aliphatic carbocycles. The van der Waals surface area contributed by atoms with Gasteiger partial charge in [-0.3, -0.25) is 14.7 Å². The smallest absolute Gasteiger partial charge is 0.412 e. The number of carbonyl (C=O) groups is 2. The molecule has 2 amide bonds. The number of ether oxygens (including phenoxy) is 2. The molecular formula is C20H33N5O5. The standard InChI is InChI=1S/C20H33N5O5/c1-12-14(25(20(5,6)29-12)18(27)30-19(2,3)4)11-24-17(22-7)23-10-13-8-9-15(28-13)16(21)26/h8-9,12,14H,10-11H2,1-7H3,(H2,21,26)(H2,22,23,24). The summed E-state index contributed by atoms with van der Waals surface area (Å²) in [6.07, 6.45) is -0.637. The Morgan fingerprint density at radius 2 is 1.97 bits per heavy atom. The molecule has 0 bridgehead atoms. The molecule has 0 aromatic carbocycles. The summed E-state index contributed by atoms with van der Waals surface area (Å²) < 4.78 is 16.9. The van der Waals surface area contributed by atoms with Crippen LogP contribution in [0.25, 0.3) is 0 Å². The van der Waals surface area contributed by atoms with E-state index in [-0.39, 0.29) is 17.9 Å². The number of hydrogen-bond donors (Lipinski definition) is 3. The van der Waals surface area contributed by atoms with Crippen LogP contribution in [-0.4, -0.2) is 59.9 Å². The maximum atomic E-state index is 12.8. The van der Waals surface area contributed by atoms with Crippen LogP contribution in [0, 0.1) is 0 Å². The first-order valence-electron chi connectivity index (χ1n) is 9.87. The predicted octanol–water partition coefficient (Wildman–Crippen LogP) is 1.80. The highest BCUT2D eigenvalue weighted by molar-refractivity contribution is 5.89. The van der Waals surface area contributed by atoms with Crippen LogP contribution in [0.3, 0.4) is 0 Å². The number of guanidine groups is 1. The van der Waals surface area contributed by atoms with E-state index in [0.29, 0.717) is 24.8 Å². The summed E-state index contributed by atoms with van der Waals surface area (Å²) >= 11 is 0. The lowest BCUT2D eigenvalue weighted by atomic mass is 10.1. The van der Waals surface area contributed by atoms with E-state index in [0.717, 1.165) is 0 Å². The van der Waals surface area contributed by atoms with E-state index in [9.17, 15) is 9.59 Å². The van der Waals surface area contributed by atoms with Crippen molar-refractivity contribution in [2.75, 3.05) is 13.6 Å². The van der Waals surface area contributed by atoms with Crippen LogP contribution in [0.15, 0.2) is 21.5 Å². The summed E-state index contributed by atoms with van der Waals surface area (Å²) in [5.41, 5.74) is 3.78. The third kappa shape index (κ3) is 5.88. The van der Waals surface area contributed by atoms with Crippen molar-refractivity contribution in [3.63, 3.8) is 0 Å². The fourth-order valence-electron chi connectivity index (χ4n) is 3.32. The van der Waals surface area contributed by atoms with Crippen LogP contribution in [0.2, 0.25) is 0 Å². The number of primary amides is 1. The molecule has 0 spiro atoms. The SMILES string of the molecule is CN=C(NCc1ccc(C(N)=O)o1)NCC1C(C)OC(C)(C)N1C(=O)OC(C)(C)C. The van der Waals surface area contributed by atoms with Gasteiger partial charge in [0.25, 0.3) is 5.91 Å². The molecule has 1 aliphatic heterocycles. The van der Waals surface area contributed by atoms with Gasteiger partial charge in [0.05, 0.1) is 18.7 Å². The summed E-state index contributed by atoms with van der Waals surface area (Å²) in [7, 11) is 1.64. The number of hydrogen-bond acceptors (Lipinski definition) is 6. The third-order valence-electron chi connectivity index (χ3n) is 4.55. The van der Waals surface area contributed by atoms with Gasteiger partial charge in [-0.2, -0.15) is 0 Å². The van der Waals surface area contributed by atoms with Gasteiger partial charge in [-0.15, -0.1) is 0 Å². The van der Waals surface area contributed by atoms with E-state index in [1.165, 1.54) is 6.07 Å². The highest BCUT2D eigenvalue weighted by Gasteiger charge is 2.49. The lowest BCUT2D eigenvalue weighted by Crippen LogP contribution is -2.54. The quantitative estimate of drug-likeness (QED) is 0.486. The van der Waals surface area contributed by atoms with Gasteiger partial charge in [-0.1, -0.05) is 0 Å². The topological polar surface area (TPSA) is 131 Å². The maximum absolute atomic E-state index is 12.8. The Morgan fingerprint density at radius 3 is 2.50 bits per heavy atom. The highest BCUT2D eigenvalue weighted by atomic mass is 16.6. The van der Waals surface area contributed by atoms with Crippen molar-refractivity contribution in [3.05, 3.63) is 23.7 Å². The van der Waals surface area contributed by atoms with E-state index in [4.69, 9.17) is 19.6 Å². The minimum absolute atomic E-state index is 0.0990. The van der Waals surface area contributed by atoms with Crippen molar-refractivity contribution in [1.29, 1.82) is 0 Å². The van der Waals surface area contributed by atoms with Gasteiger partial charge >= 0.3 is 6.09 Å². The molecule has 0 radical (unpaired) electrons. The number of carbonyl (C=O) groups excluding carboxylic acids is 2. The largest absolute Gasteiger partial charge is 0.454 e. The van der Waals surface area contributed by atoms with Crippen molar-refractivity contribution >= 4 is 18.0 Å². The van der Waals surface area contributed by atoms with E-state index in [1.54, 1.807) is 18.0 Å². The first-order chi connectivity index (χ1) is 13.8. The second-order valence-corrected chi connectivity index (χ2v) is 8.62. The summed E-state index contributed by atoms with van der Waals surface area (Å²) in [6, 6.07) is 2.92. The van der Waals surface area contributed by atoms with Gasteiger partial charge in [0.1, 0.15) is 17.1 Å². The Morgan fingerprint density at radius 1 is 1.30 bits per heavy atom. The molecule has 10 heteroatoms. The van der Waals surface area contributed by atoms with Crippen molar-refractivity contribution < 1.29 is 23.5 Å². The van der Waals surface area contributed by atoms with Crippen LogP contribution in [0.1, 0.15) is 57.9 Å². The first-order valence-corrected chi connectivity index (χ1v) is 9.87. The normalized spacial score (nSPS) is 21.4. The van der Waals surface area contributed by atoms with Crippen molar-refractivity contribution in [3.8, 4) is 0 Å². The Labute approximate surface area is 177 Å². The van der Waals surface area contributed by atoms with Crippen LogP contribution >= 0.6 is 0 Å². The average molecular weight is 424 g/mol. The Kier molecular flexibility index (Phi) is 7.02. The molecule has 2 heterocycles. The molecule has 4 N–H and O–H groups in total. The van der Waals surface area contributed by atoms with Crippen LogP contribution < -0.4 is 16.4 Å². The maximum Gasteiger partial charge on any atom is 0.412 e. The number of furan rings is 1. The molecule has 1 saturated heterocycles. The Hall–Kier alpha value is -2.75. The fourth-order valence-corrected chi connectivity index (χ4v) is 3.32. The first kappa shape index (κ1) is 23.5. The van der Waals surface area contributed by atoms with Gasteiger partial charge in [0, 0.05) is 13.6 Å². The Balaban J connectivity index is 2.00. The lowest BCUT2D eigenvalue weighted by Gasteiger charge is -2.35. The molecule has 1 aromatic rings. The number of nitrogens with two attached hydrogens (primary N) is 1. The molecule has 0 saturated carbocycles. The molecule has 1 aromatic heterocycles. The van der Waals surface area contributed by atoms with E-state index in [2.05, 4.69) is 15.6 Å². The van der Waals surface area contributed by atoms with Crippen molar-refractivity contribution in [2.24, 2.45) is 10.7 Å². The second kappa shape index (κ2) is 8.95. The van der Waals surface area contributed by atoms with Gasteiger partial charge in [-0.05, 0) is 53.7 Å². The molecule has 2 unspecified atom stereocenters. The lowest BCUT2D eigenvalue weighted by molar-refractivity contribution is -0.0755. The van der Waals surface area contributed by atoms with Gasteiger partial charge in [0.2, 0.25) is 0 Å². The van der Waals surface area contributed by atoms with E-state index in [1.807, 2.05) is 41.5 Å². The minimum atomic E-state index is -0.801. The third-order valence-corrected chi connectivity index (χ3v) is 4.55. The predicted molar refractivity (Wildman–Crippen MR) is 112 cm³/mol. The number of rotatable bonds is 5. The molecule has 2 rings (SSSR count).